The third kappa shape index (κ3) is 4.01. The van der Waals surface area contributed by atoms with Crippen molar-refractivity contribution < 1.29 is 19.2 Å². The Morgan fingerprint density at radius 3 is 2.64 bits per heavy atom. The van der Waals surface area contributed by atoms with Crippen molar-refractivity contribution in [3.63, 3.8) is 0 Å². The summed E-state index contributed by atoms with van der Waals surface area (Å²) in [5.74, 6) is 0.862. The van der Waals surface area contributed by atoms with Crippen LogP contribution in [0.3, 0.4) is 0 Å². The second-order valence-corrected chi connectivity index (χ2v) is 5.97. The summed E-state index contributed by atoms with van der Waals surface area (Å²) < 4.78 is 11.1. The van der Waals surface area contributed by atoms with Crippen LogP contribution in [0.5, 0.6) is 11.5 Å². The Morgan fingerprint density at radius 1 is 1.24 bits per heavy atom. The van der Waals surface area contributed by atoms with Gasteiger partial charge in [0, 0.05) is 12.1 Å². The van der Waals surface area contributed by atoms with Gasteiger partial charge in [0.05, 0.1) is 22.2 Å². The number of carbonyl (C=O) groups excluding carboxylic acids is 1. The molecule has 1 aromatic heterocycles. The number of rotatable bonds is 6. The standard InChI is InChI=1S/C16H13N3O5S/c1-23-11-3-5-12(6-4-11)24-9-15(20)18-16-17-13-7-2-10(19(21)22)8-14(13)25-16/h2-8H,9H2,1H3,(H,17,18,20). The Kier molecular flexibility index (Phi) is 4.75. The van der Waals surface area contributed by atoms with Crippen molar-refractivity contribution in [1.29, 1.82) is 0 Å². The highest BCUT2D eigenvalue weighted by molar-refractivity contribution is 7.22. The number of ether oxygens (including phenoxy) is 2. The minimum Gasteiger partial charge on any atom is -0.497 e. The number of nitrogens with one attached hydrogen (secondary N) is 1. The number of methoxy groups -OCH3 is 1. The average molecular weight is 359 g/mol. The number of nitro benzene ring substituents is 1. The lowest BCUT2D eigenvalue weighted by atomic mass is 10.3. The zero-order valence-electron chi connectivity index (χ0n) is 13.1. The number of nitro groups is 1. The number of hydrogen-bond donors (Lipinski definition) is 1. The second-order valence-electron chi connectivity index (χ2n) is 4.94. The lowest BCUT2D eigenvalue weighted by Gasteiger charge is -2.06. The second kappa shape index (κ2) is 7.14. The number of carbonyl (C=O) groups is 1. The average Bonchev–Trinajstić information content (AvgIpc) is 3.01. The monoisotopic (exact) mass is 359 g/mol. The molecule has 128 valence electrons. The number of anilines is 1. The van der Waals surface area contributed by atoms with Crippen molar-refractivity contribution in [2.45, 2.75) is 0 Å². The van der Waals surface area contributed by atoms with Crippen molar-refractivity contribution in [2.75, 3.05) is 19.0 Å². The van der Waals surface area contributed by atoms with Crippen LogP contribution in [0, 0.1) is 10.1 Å². The normalized spacial score (nSPS) is 10.4. The molecule has 1 heterocycles. The zero-order chi connectivity index (χ0) is 17.8. The maximum absolute atomic E-state index is 12.0. The van der Waals surface area contributed by atoms with E-state index in [9.17, 15) is 14.9 Å². The van der Waals surface area contributed by atoms with E-state index in [-0.39, 0.29) is 18.2 Å². The molecule has 0 aliphatic heterocycles. The van der Waals surface area contributed by atoms with E-state index >= 15 is 0 Å². The number of hydrogen-bond acceptors (Lipinski definition) is 7. The van der Waals surface area contributed by atoms with Gasteiger partial charge >= 0.3 is 0 Å². The van der Waals surface area contributed by atoms with Gasteiger partial charge in [0.2, 0.25) is 0 Å². The fourth-order valence-corrected chi connectivity index (χ4v) is 2.97. The van der Waals surface area contributed by atoms with Crippen molar-refractivity contribution in [1.82, 2.24) is 4.98 Å². The number of thiazole rings is 1. The molecule has 2 aromatic carbocycles. The van der Waals surface area contributed by atoms with Crippen molar-refractivity contribution in [2.24, 2.45) is 0 Å². The third-order valence-corrected chi connectivity index (χ3v) is 4.19. The molecule has 1 amide bonds. The van der Waals surface area contributed by atoms with Gasteiger partial charge < -0.3 is 9.47 Å². The zero-order valence-corrected chi connectivity index (χ0v) is 13.9. The molecule has 0 aliphatic carbocycles. The maximum Gasteiger partial charge on any atom is 0.270 e. The van der Waals surface area contributed by atoms with Crippen molar-refractivity contribution >= 4 is 38.3 Å². The van der Waals surface area contributed by atoms with Gasteiger partial charge in [0.15, 0.2) is 11.7 Å². The topological polar surface area (TPSA) is 104 Å². The number of nitrogens with zero attached hydrogens (tertiary/aromatic N) is 2. The minimum atomic E-state index is -0.472. The van der Waals surface area contributed by atoms with E-state index in [1.165, 1.54) is 12.1 Å². The lowest BCUT2D eigenvalue weighted by molar-refractivity contribution is -0.384. The van der Waals surface area contributed by atoms with Gasteiger partial charge in [0.25, 0.3) is 11.6 Å². The Labute approximate surface area is 146 Å². The molecule has 0 bridgehead atoms. The highest BCUT2D eigenvalue weighted by Gasteiger charge is 2.12. The van der Waals surface area contributed by atoms with Crippen LogP contribution >= 0.6 is 11.3 Å². The summed E-state index contributed by atoms with van der Waals surface area (Å²) in [6, 6.07) is 11.2. The van der Waals surface area contributed by atoms with Crippen LogP contribution in [0.2, 0.25) is 0 Å². The molecular weight excluding hydrogens is 346 g/mol. The number of benzene rings is 2. The molecule has 3 aromatic rings. The molecule has 8 nitrogen and oxygen atoms in total. The van der Waals surface area contributed by atoms with Crippen LogP contribution in [-0.4, -0.2) is 29.5 Å². The molecule has 9 heteroatoms. The number of aromatic nitrogens is 1. The minimum absolute atomic E-state index is 0.0168. The van der Waals surface area contributed by atoms with Crippen LogP contribution < -0.4 is 14.8 Å². The molecule has 1 N–H and O–H groups in total. The summed E-state index contributed by atoms with van der Waals surface area (Å²) in [5.41, 5.74) is 0.568. The van der Waals surface area contributed by atoms with E-state index in [4.69, 9.17) is 9.47 Å². The molecule has 0 atom stereocenters. The van der Waals surface area contributed by atoms with Crippen LogP contribution in [0.25, 0.3) is 10.2 Å². The molecule has 3 rings (SSSR count). The Balaban J connectivity index is 1.62. The van der Waals surface area contributed by atoms with E-state index in [0.717, 1.165) is 11.3 Å². The molecule has 0 spiro atoms. The van der Waals surface area contributed by atoms with E-state index in [2.05, 4.69) is 10.3 Å². The largest absolute Gasteiger partial charge is 0.497 e. The summed E-state index contributed by atoms with van der Waals surface area (Å²) in [6.45, 7) is -0.178. The summed E-state index contributed by atoms with van der Waals surface area (Å²) in [6.07, 6.45) is 0. The molecule has 25 heavy (non-hydrogen) atoms. The number of non-ortho nitro benzene ring substituents is 1. The van der Waals surface area contributed by atoms with Gasteiger partial charge in [-0.25, -0.2) is 4.98 Å². The first kappa shape index (κ1) is 16.7. The van der Waals surface area contributed by atoms with Crippen LogP contribution in [0.1, 0.15) is 0 Å². The predicted molar refractivity (Wildman–Crippen MR) is 93.4 cm³/mol. The summed E-state index contributed by atoms with van der Waals surface area (Å²) in [4.78, 5) is 26.5. The van der Waals surface area contributed by atoms with Crippen LogP contribution in [0.4, 0.5) is 10.8 Å². The van der Waals surface area contributed by atoms with Gasteiger partial charge in [-0.1, -0.05) is 11.3 Å². The lowest BCUT2D eigenvalue weighted by Crippen LogP contribution is -2.19. The van der Waals surface area contributed by atoms with Gasteiger partial charge in [-0.15, -0.1) is 0 Å². The Morgan fingerprint density at radius 2 is 1.96 bits per heavy atom. The fraction of sp³-hybridized carbons (Fsp3) is 0.125. The first-order valence-corrected chi connectivity index (χ1v) is 7.98. The molecule has 0 fully saturated rings. The van der Waals surface area contributed by atoms with Gasteiger partial charge in [-0.05, 0) is 30.3 Å². The van der Waals surface area contributed by atoms with Gasteiger partial charge in [-0.3, -0.25) is 20.2 Å². The van der Waals surface area contributed by atoms with Crippen molar-refractivity contribution in [3.8, 4) is 11.5 Å². The van der Waals surface area contributed by atoms with Crippen LogP contribution in [-0.2, 0) is 4.79 Å². The highest BCUT2D eigenvalue weighted by Crippen LogP contribution is 2.29. The molecular formula is C16H13N3O5S. The van der Waals surface area contributed by atoms with Crippen LogP contribution in [0.15, 0.2) is 42.5 Å². The van der Waals surface area contributed by atoms with Gasteiger partial charge in [-0.2, -0.15) is 0 Å². The summed E-state index contributed by atoms with van der Waals surface area (Å²) in [5, 5.41) is 13.8. The summed E-state index contributed by atoms with van der Waals surface area (Å²) >= 11 is 1.16. The van der Waals surface area contributed by atoms with E-state index in [1.54, 1.807) is 37.4 Å². The van der Waals surface area contributed by atoms with Gasteiger partial charge in [0.1, 0.15) is 11.5 Å². The fourth-order valence-electron chi connectivity index (χ4n) is 2.06. The number of amides is 1. The predicted octanol–water partition coefficient (Wildman–Crippen LogP) is 3.23. The third-order valence-electron chi connectivity index (χ3n) is 3.26. The molecule has 0 radical (unpaired) electrons. The molecule has 0 saturated heterocycles. The van der Waals surface area contributed by atoms with E-state index in [0.29, 0.717) is 26.8 Å². The Bertz CT molecular complexity index is 923. The Hall–Kier alpha value is -3.20. The molecule has 0 saturated carbocycles. The SMILES string of the molecule is COc1ccc(OCC(=O)Nc2nc3ccc([N+](=O)[O-])cc3s2)cc1. The van der Waals surface area contributed by atoms with Crippen molar-refractivity contribution in [3.05, 3.63) is 52.6 Å². The number of fused-ring (bicyclic) bond motifs is 1. The quantitative estimate of drug-likeness (QED) is 0.535. The van der Waals surface area contributed by atoms with E-state index < -0.39 is 4.92 Å². The summed E-state index contributed by atoms with van der Waals surface area (Å²) in [7, 11) is 1.57. The smallest absolute Gasteiger partial charge is 0.270 e. The molecule has 0 aliphatic rings. The highest BCUT2D eigenvalue weighted by atomic mass is 32.1. The first-order valence-electron chi connectivity index (χ1n) is 7.17. The molecule has 0 unspecified atom stereocenters. The van der Waals surface area contributed by atoms with E-state index in [1.807, 2.05) is 0 Å². The maximum atomic E-state index is 12.0. The first-order chi connectivity index (χ1) is 12.0.